The van der Waals surface area contributed by atoms with E-state index in [2.05, 4.69) is 38.2 Å². The molecule has 0 unspecified atom stereocenters. The molecular weight excluding hydrogens is 758 g/mol. The van der Waals surface area contributed by atoms with E-state index in [1.165, 1.54) is 14.2 Å². The summed E-state index contributed by atoms with van der Waals surface area (Å²) in [7, 11) is 2.95. The van der Waals surface area contributed by atoms with Crippen LogP contribution in [-0.2, 0) is 19.1 Å². The maximum atomic E-state index is 13.9. The summed E-state index contributed by atoms with van der Waals surface area (Å²) in [4.78, 5) is 56.8. The van der Waals surface area contributed by atoms with Gasteiger partial charge in [0.25, 0.3) is 11.8 Å². The van der Waals surface area contributed by atoms with Gasteiger partial charge in [0.1, 0.15) is 41.3 Å². The molecule has 4 amide bonds. The summed E-state index contributed by atoms with van der Waals surface area (Å²) in [6, 6.07) is 9.72. The molecule has 2 heterocycles. The number of amides is 4. The second-order valence-electron chi connectivity index (χ2n) is 13.1. The molecule has 0 aliphatic heterocycles. The number of nitrogens with one attached hydrogen (secondary N) is 4. The molecule has 0 bridgehead atoms. The Hall–Kier alpha value is -4.38. The largest absolute Gasteiger partial charge is 0.438 e. The third-order valence-electron chi connectivity index (χ3n) is 8.85. The van der Waals surface area contributed by atoms with Gasteiger partial charge in [0.15, 0.2) is 0 Å². The van der Waals surface area contributed by atoms with Crippen molar-refractivity contribution in [2.45, 2.75) is 87.4 Å². The summed E-state index contributed by atoms with van der Waals surface area (Å²) in [5, 5.41) is 11.6. The van der Waals surface area contributed by atoms with Crippen LogP contribution >= 0.6 is 23.4 Å². The van der Waals surface area contributed by atoms with Crippen molar-refractivity contribution in [3.05, 3.63) is 76.7 Å². The van der Waals surface area contributed by atoms with Crippen molar-refractivity contribution in [1.29, 1.82) is 0 Å². The van der Waals surface area contributed by atoms with Crippen molar-refractivity contribution in [1.82, 2.24) is 31.2 Å². The number of benzene rings is 1. The van der Waals surface area contributed by atoms with Crippen LogP contribution in [-0.4, -0.2) is 91.0 Å². The fraction of sp³-hybridized carbons (Fsp3) is 0.474. The van der Waals surface area contributed by atoms with Crippen LogP contribution in [0.2, 0.25) is 5.15 Å². The Kier molecular flexibility index (Phi) is 17.5. The first-order valence-electron chi connectivity index (χ1n) is 18.0. The number of methoxy groups -OCH3 is 2. The van der Waals surface area contributed by atoms with E-state index in [9.17, 15) is 28.0 Å². The second kappa shape index (κ2) is 22.2. The number of hydrogen-bond donors (Lipinski definition) is 4. The number of aromatic nitrogens is 2. The number of ether oxygens (including phenoxy) is 3. The van der Waals surface area contributed by atoms with E-state index in [-0.39, 0.29) is 71.4 Å². The SMILES string of the molecule is CCSc1cccc(Oc2ncc(F)cc2C(=O)NC2CCC(NC(=O)COC)CC2)c1.COCC(=O)NC1CCC(NC(=O)c2cc(F)cnc2Cl)CC1. The molecule has 13 nitrogen and oxygen atoms in total. The lowest BCUT2D eigenvalue weighted by Crippen LogP contribution is -2.44. The van der Waals surface area contributed by atoms with Crippen LogP contribution < -0.4 is 26.0 Å². The van der Waals surface area contributed by atoms with Crippen LogP contribution in [0, 0.1) is 11.6 Å². The molecule has 0 spiro atoms. The van der Waals surface area contributed by atoms with Crippen LogP contribution in [0.25, 0.3) is 0 Å². The minimum Gasteiger partial charge on any atom is -0.438 e. The fourth-order valence-electron chi connectivity index (χ4n) is 6.25. The maximum Gasteiger partial charge on any atom is 0.257 e. The Morgan fingerprint density at radius 1 is 0.727 bits per heavy atom. The van der Waals surface area contributed by atoms with E-state index in [0.717, 1.165) is 73.7 Å². The lowest BCUT2D eigenvalue weighted by Gasteiger charge is -2.29. The van der Waals surface area contributed by atoms with E-state index >= 15 is 0 Å². The third-order valence-corrected chi connectivity index (χ3v) is 10.0. The van der Waals surface area contributed by atoms with Crippen molar-refractivity contribution in [3.8, 4) is 11.6 Å². The van der Waals surface area contributed by atoms with Gasteiger partial charge in [0.2, 0.25) is 17.7 Å². The van der Waals surface area contributed by atoms with E-state index in [1.54, 1.807) is 17.8 Å². The molecule has 0 saturated heterocycles. The van der Waals surface area contributed by atoms with Crippen molar-refractivity contribution in [2.75, 3.05) is 33.2 Å². The highest BCUT2D eigenvalue weighted by molar-refractivity contribution is 7.99. The van der Waals surface area contributed by atoms with Gasteiger partial charge in [-0.05, 0) is 87.5 Å². The summed E-state index contributed by atoms with van der Waals surface area (Å²) in [6.07, 6.45) is 7.87. The summed E-state index contributed by atoms with van der Waals surface area (Å²) >= 11 is 7.49. The summed E-state index contributed by atoms with van der Waals surface area (Å²) in [5.41, 5.74) is 0.0799. The molecule has 0 radical (unpaired) electrons. The van der Waals surface area contributed by atoms with Gasteiger partial charge < -0.3 is 35.5 Å². The zero-order valence-corrected chi connectivity index (χ0v) is 32.6. The zero-order valence-electron chi connectivity index (χ0n) is 31.0. The second-order valence-corrected chi connectivity index (χ2v) is 14.7. The Bertz CT molecular complexity index is 1760. The van der Waals surface area contributed by atoms with Crippen LogP contribution in [0.15, 0.2) is 53.7 Å². The van der Waals surface area contributed by atoms with Gasteiger partial charge in [-0.2, -0.15) is 0 Å². The van der Waals surface area contributed by atoms with Gasteiger partial charge >= 0.3 is 0 Å². The molecule has 4 N–H and O–H groups in total. The standard InChI is InChI=1S/C23H28FN3O4S.C15H19ClFN3O3/c1-3-32-19-6-4-5-18(12-19)31-23-20(11-15(24)13-25-23)22(29)27-17-9-7-16(8-10-17)26-21(28)14-30-2;1-23-8-13(21)19-10-2-4-11(5-3-10)20-15(22)12-6-9(17)7-18-14(12)16/h4-6,11-13,16-17H,3,7-10,14H2,1-2H3,(H,26,28)(H,27,29);6-7,10-11H,2-5,8H2,1H3,(H,19,21)(H,20,22). The predicted octanol–water partition coefficient (Wildman–Crippen LogP) is 5.61. The lowest BCUT2D eigenvalue weighted by molar-refractivity contribution is -0.126. The highest BCUT2D eigenvalue weighted by Crippen LogP contribution is 2.29. The predicted molar refractivity (Wildman–Crippen MR) is 203 cm³/mol. The van der Waals surface area contributed by atoms with Gasteiger partial charge in [0, 0.05) is 43.3 Å². The Balaban J connectivity index is 0.000000258. The number of hydrogen-bond acceptors (Lipinski definition) is 10. The van der Waals surface area contributed by atoms with E-state index in [0.29, 0.717) is 18.6 Å². The average Bonchev–Trinajstić information content (AvgIpc) is 3.15. The number of halogens is 3. The number of carbonyl (C=O) groups is 4. The number of pyridine rings is 2. The smallest absolute Gasteiger partial charge is 0.257 e. The number of rotatable bonds is 14. The Labute approximate surface area is 328 Å². The highest BCUT2D eigenvalue weighted by atomic mass is 35.5. The molecule has 0 atom stereocenters. The molecule has 17 heteroatoms. The summed E-state index contributed by atoms with van der Waals surface area (Å²) in [6.45, 7) is 2.14. The molecular formula is C38H47ClF2N6O7S. The number of thioether (sulfide) groups is 1. The monoisotopic (exact) mass is 804 g/mol. The number of carbonyl (C=O) groups excluding carboxylic acids is 4. The first-order chi connectivity index (χ1) is 26.5. The van der Waals surface area contributed by atoms with Gasteiger partial charge in [-0.1, -0.05) is 24.6 Å². The first kappa shape index (κ1) is 43.3. The molecule has 5 rings (SSSR count). The fourth-order valence-corrected chi connectivity index (χ4v) is 7.15. The minimum absolute atomic E-state index is 0.0237. The molecule has 55 heavy (non-hydrogen) atoms. The molecule has 2 aliphatic carbocycles. The molecule has 298 valence electrons. The quantitative estimate of drug-likeness (QED) is 0.119. The van der Waals surface area contributed by atoms with Crippen molar-refractivity contribution < 1.29 is 42.2 Å². The van der Waals surface area contributed by atoms with Gasteiger partial charge in [-0.3, -0.25) is 19.2 Å². The summed E-state index contributed by atoms with van der Waals surface area (Å²) in [5.74, 6) is -0.860. The Morgan fingerprint density at radius 3 is 1.71 bits per heavy atom. The summed E-state index contributed by atoms with van der Waals surface area (Å²) < 4.78 is 42.5. The van der Waals surface area contributed by atoms with E-state index in [1.807, 2.05) is 18.2 Å². The minimum atomic E-state index is -0.609. The normalized spacial score (nSPS) is 19.2. The topological polar surface area (TPSA) is 170 Å². The van der Waals surface area contributed by atoms with E-state index in [4.69, 9.17) is 25.8 Å². The molecule has 2 saturated carbocycles. The maximum absolute atomic E-state index is 13.9. The molecule has 3 aromatic rings. The molecule has 1 aromatic carbocycles. The lowest BCUT2D eigenvalue weighted by atomic mass is 9.91. The van der Waals surface area contributed by atoms with Crippen LogP contribution in [0.3, 0.4) is 0 Å². The van der Waals surface area contributed by atoms with Gasteiger partial charge in [-0.15, -0.1) is 11.8 Å². The van der Waals surface area contributed by atoms with Crippen molar-refractivity contribution in [2.24, 2.45) is 0 Å². The molecule has 2 aliphatic rings. The van der Waals surface area contributed by atoms with Crippen LogP contribution in [0.5, 0.6) is 11.6 Å². The Morgan fingerprint density at radius 2 is 1.20 bits per heavy atom. The molecule has 2 fully saturated rings. The average molecular weight is 805 g/mol. The third kappa shape index (κ3) is 14.3. The van der Waals surface area contributed by atoms with Crippen LogP contribution in [0.1, 0.15) is 79.0 Å². The van der Waals surface area contributed by atoms with Gasteiger partial charge in [-0.25, -0.2) is 18.7 Å². The van der Waals surface area contributed by atoms with Crippen LogP contribution in [0.4, 0.5) is 8.78 Å². The van der Waals surface area contributed by atoms with E-state index < -0.39 is 23.4 Å². The highest BCUT2D eigenvalue weighted by Gasteiger charge is 2.27. The first-order valence-corrected chi connectivity index (χ1v) is 19.4. The van der Waals surface area contributed by atoms with Crippen molar-refractivity contribution in [3.63, 3.8) is 0 Å². The van der Waals surface area contributed by atoms with Crippen molar-refractivity contribution >= 4 is 47.0 Å². The zero-order chi connectivity index (χ0) is 39.7. The molecule has 2 aromatic heterocycles. The van der Waals surface area contributed by atoms with Gasteiger partial charge in [0.05, 0.1) is 18.0 Å². The number of nitrogens with zero attached hydrogens (tertiary/aromatic N) is 2.